The fraction of sp³-hybridized carbons (Fsp3) is 0.588. The molecule has 0 aromatic heterocycles. The minimum atomic E-state index is -0.563. The summed E-state index contributed by atoms with van der Waals surface area (Å²) >= 11 is 6.58. The van der Waals surface area contributed by atoms with Crippen LogP contribution < -0.4 is 0 Å². The van der Waals surface area contributed by atoms with Crippen molar-refractivity contribution in [2.45, 2.75) is 63.8 Å². The van der Waals surface area contributed by atoms with Crippen molar-refractivity contribution in [2.75, 3.05) is 0 Å². The number of nitrogens with zero attached hydrogens (tertiary/aromatic N) is 1. The lowest BCUT2D eigenvalue weighted by Gasteiger charge is -2.61. The predicted octanol–water partition coefficient (Wildman–Crippen LogP) is 3.60. The molecule has 1 amide bonds. The number of benzene rings is 1. The van der Waals surface area contributed by atoms with Crippen LogP contribution >= 0.6 is 11.6 Å². The Balaban J connectivity index is 2.17. The summed E-state index contributed by atoms with van der Waals surface area (Å²) < 4.78 is 5.92. The molecule has 1 aliphatic heterocycles. The Morgan fingerprint density at radius 2 is 1.90 bits per heavy atom. The summed E-state index contributed by atoms with van der Waals surface area (Å²) in [5.74, 6) is 0.0251. The number of halogens is 1. The Kier molecular flexibility index (Phi) is 4.36. The van der Waals surface area contributed by atoms with Crippen molar-refractivity contribution in [3.63, 3.8) is 0 Å². The minimum Gasteiger partial charge on any atom is -0.361 e. The number of hydrogen-bond acceptors (Lipinski definition) is 2. The maximum absolute atomic E-state index is 12.4. The lowest BCUT2D eigenvalue weighted by Crippen LogP contribution is -2.81. The van der Waals surface area contributed by atoms with E-state index in [-0.39, 0.29) is 11.9 Å². The van der Waals surface area contributed by atoms with Crippen LogP contribution in [-0.2, 0) is 16.1 Å². The highest BCUT2D eigenvalue weighted by molar-refractivity contribution is 6.25. The lowest BCUT2D eigenvalue weighted by molar-refractivity contribution is -0.204. The molecule has 4 heteroatoms. The molecule has 3 nitrogen and oxygen atoms in total. The third-order valence-electron chi connectivity index (χ3n) is 4.45. The number of rotatable bonds is 5. The molecule has 1 aromatic carbocycles. The first-order valence-corrected chi connectivity index (χ1v) is 7.75. The smallest absolute Gasteiger partial charge is 0.255 e. The summed E-state index contributed by atoms with van der Waals surface area (Å²) in [6, 6.07) is 9.99. The molecule has 0 N–H and O–H groups in total. The van der Waals surface area contributed by atoms with Crippen molar-refractivity contribution in [2.24, 2.45) is 0 Å². The molecule has 1 heterocycles. The van der Waals surface area contributed by atoms with Crippen molar-refractivity contribution in [1.29, 1.82) is 0 Å². The topological polar surface area (TPSA) is 29.5 Å². The summed E-state index contributed by atoms with van der Waals surface area (Å²) in [5, 5.41) is 0. The maximum atomic E-state index is 12.4. The van der Waals surface area contributed by atoms with Crippen LogP contribution in [-0.4, -0.2) is 33.4 Å². The first-order valence-electron chi connectivity index (χ1n) is 7.37. The number of carbonyl (C=O) groups excluding carboxylic acids is 1. The molecular formula is C17H24ClNO2. The summed E-state index contributed by atoms with van der Waals surface area (Å²) in [5.41, 5.74) is 0.553. The number of carbonyl (C=O) groups is 1. The largest absolute Gasteiger partial charge is 0.361 e. The van der Waals surface area contributed by atoms with Gasteiger partial charge in [-0.25, -0.2) is 0 Å². The SMILES string of the molecule is CC(C)N1C(=O)[C@@H](OCc2ccccc2)[C@@]1(C)C(C)(C)Cl. The molecule has 2 atom stereocenters. The van der Waals surface area contributed by atoms with Crippen molar-refractivity contribution >= 4 is 17.5 Å². The van der Waals surface area contributed by atoms with E-state index in [1.165, 1.54) is 0 Å². The number of hydrogen-bond donors (Lipinski definition) is 0. The Morgan fingerprint density at radius 3 is 2.38 bits per heavy atom. The van der Waals surface area contributed by atoms with Gasteiger partial charge in [0.15, 0.2) is 6.10 Å². The molecule has 1 saturated heterocycles. The van der Waals surface area contributed by atoms with Gasteiger partial charge in [0.2, 0.25) is 0 Å². The second-order valence-electron chi connectivity index (χ2n) is 6.60. The Labute approximate surface area is 132 Å². The van der Waals surface area contributed by atoms with Crippen LogP contribution in [0.5, 0.6) is 0 Å². The second-order valence-corrected chi connectivity index (χ2v) is 7.54. The Hall–Kier alpha value is -1.06. The van der Waals surface area contributed by atoms with Gasteiger partial charge in [-0.05, 0) is 40.2 Å². The third kappa shape index (κ3) is 2.69. The average molecular weight is 310 g/mol. The van der Waals surface area contributed by atoms with Gasteiger partial charge in [-0.2, -0.15) is 0 Å². The van der Waals surface area contributed by atoms with Crippen LogP contribution in [0.3, 0.4) is 0 Å². The highest BCUT2D eigenvalue weighted by Gasteiger charge is 2.65. The average Bonchev–Trinajstić information content (AvgIpc) is 2.38. The quantitative estimate of drug-likeness (QED) is 0.614. The van der Waals surface area contributed by atoms with Crippen molar-refractivity contribution in [1.82, 2.24) is 4.90 Å². The number of ether oxygens (including phenoxy) is 1. The van der Waals surface area contributed by atoms with Crippen LogP contribution in [0.2, 0.25) is 0 Å². The van der Waals surface area contributed by atoms with Crippen LogP contribution in [0.1, 0.15) is 40.2 Å². The van der Waals surface area contributed by atoms with Crippen molar-refractivity contribution in [3.8, 4) is 0 Å². The van der Waals surface area contributed by atoms with Crippen molar-refractivity contribution < 1.29 is 9.53 Å². The first kappa shape index (κ1) is 16.3. The second kappa shape index (κ2) is 5.62. The van der Waals surface area contributed by atoms with E-state index in [2.05, 4.69) is 0 Å². The van der Waals surface area contributed by atoms with Crippen LogP contribution in [0.15, 0.2) is 30.3 Å². The molecule has 1 aliphatic rings. The third-order valence-corrected chi connectivity index (χ3v) is 4.83. The van der Waals surface area contributed by atoms with Gasteiger partial charge in [0, 0.05) is 6.04 Å². The maximum Gasteiger partial charge on any atom is 0.255 e. The van der Waals surface area contributed by atoms with Crippen molar-refractivity contribution in [3.05, 3.63) is 35.9 Å². The van der Waals surface area contributed by atoms with Crippen LogP contribution in [0.25, 0.3) is 0 Å². The highest BCUT2D eigenvalue weighted by atomic mass is 35.5. The molecule has 0 radical (unpaired) electrons. The fourth-order valence-electron chi connectivity index (χ4n) is 3.03. The van der Waals surface area contributed by atoms with E-state index in [0.29, 0.717) is 6.61 Å². The molecule has 0 aliphatic carbocycles. The van der Waals surface area contributed by atoms with E-state index >= 15 is 0 Å². The molecule has 0 saturated carbocycles. The van der Waals surface area contributed by atoms with E-state index in [1.807, 2.05) is 69.9 Å². The van der Waals surface area contributed by atoms with Gasteiger partial charge >= 0.3 is 0 Å². The Morgan fingerprint density at radius 1 is 1.33 bits per heavy atom. The molecule has 116 valence electrons. The summed E-state index contributed by atoms with van der Waals surface area (Å²) in [6.45, 7) is 10.3. The normalized spacial score (nSPS) is 26.1. The summed E-state index contributed by atoms with van der Waals surface area (Å²) in [6.07, 6.45) is -0.493. The molecule has 0 spiro atoms. The van der Waals surface area contributed by atoms with Gasteiger partial charge in [-0.1, -0.05) is 30.3 Å². The summed E-state index contributed by atoms with van der Waals surface area (Å²) in [7, 11) is 0. The predicted molar refractivity (Wildman–Crippen MR) is 85.3 cm³/mol. The molecule has 0 unspecified atom stereocenters. The molecule has 0 bridgehead atoms. The zero-order valence-corrected chi connectivity index (χ0v) is 14.1. The number of β-lactam (4-membered cyclic amide) rings is 1. The van der Waals surface area contributed by atoms with E-state index in [1.54, 1.807) is 0 Å². The van der Waals surface area contributed by atoms with Gasteiger partial charge in [-0.3, -0.25) is 4.79 Å². The number of amides is 1. The lowest BCUT2D eigenvalue weighted by atomic mass is 9.72. The Bertz CT molecular complexity index is 509. The van der Waals surface area contributed by atoms with Gasteiger partial charge in [0.25, 0.3) is 5.91 Å². The van der Waals surface area contributed by atoms with Gasteiger partial charge in [0.1, 0.15) is 0 Å². The standard InChI is InChI=1S/C17H24ClNO2/c1-12(2)19-15(20)14(17(19,5)16(3,4)18)21-11-13-9-7-6-8-10-13/h6-10,12,14H,11H2,1-5H3/t14-,17+/m1/s1. The monoisotopic (exact) mass is 309 g/mol. The summed E-state index contributed by atoms with van der Waals surface area (Å²) in [4.78, 5) is 13.7. The number of likely N-dealkylation sites (tertiary alicyclic amines) is 1. The van der Waals surface area contributed by atoms with E-state index < -0.39 is 16.5 Å². The van der Waals surface area contributed by atoms with E-state index in [9.17, 15) is 4.79 Å². The van der Waals surface area contributed by atoms with Gasteiger partial charge in [-0.15, -0.1) is 11.6 Å². The number of alkyl halides is 1. The fourth-order valence-corrected chi connectivity index (χ4v) is 3.22. The van der Waals surface area contributed by atoms with E-state index in [0.717, 1.165) is 5.56 Å². The molecule has 1 fully saturated rings. The molecule has 21 heavy (non-hydrogen) atoms. The van der Waals surface area contributed by atoms with Gasteiger partial charge in [0.05, 0.1) is 17.0 Å². The minimum absolute atomic E-state index is 0.0251. The van der Waals surface area contributed by atoms with Gasteiger partial charge < -0.3 is 9.64 Å². The zero-order valence-electron chi connectivity index (χ0n) is 13.4. The first-order chi connectivity index (χ1) is 9.69. The zero-order chi connectivity index (χ0) is 15.8. The van der Waals surface area contributed by atoms with Crippen LogP contribution in [0, 0.1) is 0 Å². The molecule has 2 rings (SSSR count). The highest BCUT2D eigenvalue weighted by Crippen LogP contribution is 2.47. The van der Waals surface area contributed by atoms with E-state index in [4.69, 9.17) is 16.3 Å². The molecule has 1 aromatic rings. The van der Waals surface area contributed by atoms with Crippen LogP contribution in [0.4, 0.5) is 0 Å². The molecular weight excluding hydrogens is 286 g/mol.